The van der Waals surface area contributed by atoms with E-state index in [-0.39, 0.29) is 0 Å². The second-order valence-corrected chi connectivity index (χ2v) is 5.73. The fraction of sp³-hybridized carbons (Fsp3) is 0.294. The Bertz CT molecular complexity index is 674. The minimum atomic E-state index is 0.356. The van der Waals surface area contributed by atoms with Crippen molar-refractivity contribution in [2.24, 2.45) is 17.3 Å². The molecule has 3 atom stereocenters. The fourth-order valence-corrected chi connectivity index (χ4v) is 3.63. The molecule has 0 aromatic heterocycles. The molecule has 0 radical (unpaired) electrons. The maximum absolute atomic E-state index is 4.21. The summed E-state index contributed by atoms with van der Waals surface area (Å²) in [5, 5.41) is 2.77. The summed E-state index contributed by atoms with van der Waals surface area (Å²) < 4.78 is 0. The first-order valence-electron chi connectivity index (χ1n) is 6.41. The molecule has 0 heterocycles. The van der Waals surface area contributed by atoms with E-state index < -0.39 is 0 Å². The molecule has 0 heteroatoms. The molecule has 1 saturated carbocycles. The fourth-order valence-electron chi connectivity index (χ4n) is 3.63. The maximum atomic E-state index is 4.21. The van der Waals surface area contributed by atoms with Gasteiger partial charge in [0, 0.05) is 5.41 Å². The van der Waals surface area contributed by atoms with E-state index in [2.05, 4.69) is 56.0 Å². The lowest BCUT2D eigenvalue weighted by Gasteiger charge is -2.27. The van der Waals surface area contributed by atoms with Crippen molar-refractivity contribution < 1.29 is 0 Å². The van der Waals surface area contributed by atoms with Gasteiger partial charge in [0.1, 0.15) is 0 Å². The summed E-state index contributed by atoms with van der Waals surface area (Å²) in [7, 11) is 0. The third kappa shape index (κ3) is 1.08. The zero-order valence-corrected chi connectivity index (χ0v) is 10.1. The van der Waals surface area contributed by atoms with Gasteiger partial charge in [0.25, 0.3) is 0 Å². The topological polar surface area (TPSA) is 0 Å². The third-order valence-corrected chi connectivity index (χ3v) is 4.85. The average Bonchev–Trinajstić information content (AvgIpc) is 3.04. The second kappa shape index (κ2) is 2.81. The minimum Gasteiger partial charge on any atom is -0.0955 e. The van der Waals surface area contributed by atoms with Crippen LogP contribution in [0.2, 0.25) is 0 Å². The summed E-state index contributed by atoms with van der Waals surface area (Å²) in [6.45, 7) is 6.53. The summed E-state index contributed by atoms with van der Waals surface area (Å²) in [5.74, 6) is 1.44. The molecule has 84 valence electrons. The predicted molar refractivity (Wildman–Crippen MR) is 71.5 cm³/mol. The molecule has 0 saturated heterocycles. The Morgan fingerprint density at radius 2 is 1.94 bits per heavy atom. The van der Waals surface area contributed by atoms with Gasteiger partial charge in [-0.15, -0.1) is 0 Å². The lowest BCUT2D eigenvalue weighted by Crippen LogP contribution is -2.32. The molecule has 3 unspecified atom stereocenters. The molecule has 1 spiro atoms. The molecule has 0 bridgehead atoms. The van der Waals surface area contributed by atoms with Crippen molar-refractivity contribution in [3.05, 3.63) is 58.5 Å². The summed E-state index contributed by atoms with van der Waals surface area (Å²) in [6.07, 6.45) is 8.50. The van der Waals surface area contributed by atoms with Crippen LogP contribution in [0.4, 0.5) is 0 Å². The standard InChI is InChI=1S/C17H16/c1-11-7-15-8-13-5-3-4-6-14(13)9-17(15)10-16(17)12(11)2/h3-9,12,16H,1,10H2,2H3. The molecule has 1 aromatic carbocycles. The van der Waals surface area contributed by atoms with Gasteiger partial charge in [-0.3, -0.25) is 0 Å². The number of fused-ring (bicyclic) bond motifs is 1. The maximum Gasteiger partial charge on any atom is 0.0179 e. The Kier molecular flexibility index (Phi) is 1.57. The molecule has 3 aliphatic rings. The van der Waals surface area contributed by atoms with Crippen molar-refractivity contribution >= 4 is 12.2 Å². The Labute approximate surface area is 102 Å². The van der Waals surface area contributed by atoms with Crippen LogP contribution in [0.25, 0.3) is 12.2 Å². The smallest absolute Gasteiger partial charge is 0.0179 e. The molecular formula is C17H16. The van der Waals surface area contributed by atoms with Crippen molar-refractivity contribution in [3.63, 3.8) is 0 Å². The van der Waals surface area contributed by atoms with Gasteiger partial charge in [-0.05, 0) is 34.3 Å². The molecule has 4 rings (SSSR count). The highest BCUT2D eigenvalue weighted by molar-refractivity contribution is 5.70. The second-order valence-electron chi connectivity index (χ2n) is 5.73. The average molecular weight is 220 g/mol. The van der Waals surface area contributed by atoms with Crippen molar-refractivity contribution in [2.75, 3.05) is 0 Å². The van der Waals surface area contributed by atoms with Crippen LogP contribution in [0.15, 0.2) is 48.1 Å². The first kappa shape index (κ1) is 9.47. The van der Waals surface area contributed by atoms with Crippen molar-refractivity contribution in [1.82, 2.24) is 0 Å². The van der Waals surface area contributed by atoms with Crippen LogP contribution in [0.5, 0.6) is 0 Å². The Morgan fingerprint density at radius 1 is 1.18 bits per heavy atom. The van der Waals surface area contributed by atoms with Crippen LogP contribution in [-0.2, 0) is 0 Å². The third-order valence-electron chi connectivity index (χ3n) is 4.85. The number of benzene rings is 1. The minimum absolute atomic E-state index is 0.356. The molecule has 0 N–H and O–H groups in total. The lowest BCUT2D eigenvalue weighted by atomic mass is 9.77. The van der Waals surface area contributed by atoms with E-state index in [4.69, 9.17) is 0 Å². The molecule has 0 nitrogen and oxygen atoms in total. The van der Waals surface area contributed by atoms with Gasteiger partial charge in [-0.1, -0.05) is 61.6 Å². The molecular weight excluding hydrogens is 204 g/mol. The first-order chi connectivity index (χ1) is 8.21. The van der Waals surface area contributed by atoms with Gasteiger partial charge in [0.15, 0.2) is 0 Å². The van der Waals surface area contributed by atoms with E-state index in [1.807, 2.05) is 0 Å². The van der Waals surface area contributed by atoms with Gasteiger partial charge in [-0.2, -0.15) is 0 Å². The van der Waals surface area contributed by atoms with Crippen molar-refractivity contribution in [2.45, 2.75) is 13.3 Å². The Balaban J connectivity index is 2.03. The van der Waals surface area contributed by atoms with E-state index in [1.54, 1.807) is 0 Å². The molecule has 17 heavy (non-hydrogen) atoms. The highest BCUT2D eigenvalue weighted by atomic mass is 14.6. The molecule has 1 aromatic rings. The van der Waals surface area contributed by atoms with Crippen LogP contribution in [0.3, 0.4) is 0 Å². The number of rotatable bonds is 0. The molecule has 0 amide bonds. The summed E-state index contributed by atoms with van der Waals surface area (Å²) in [6, 6.07) is 8.70. The number of hydrogen-bond donors (Lipinski definition) is 0. The predicted octanol–water partition coefficient (Wildman–Crippen LogP) is 2.40. The Hall–Kier alpha value is -1.56. The van der Waals surface area contributed by atoms with Crippen LogP contribution in [-0.4, -0.2) is 0 Å². The molecule has 1 fully saturated rings. The van der Waals surface area contributed by atoms with Gasteiger partial charge in [0.2, 0.25) is 0 Å². The first-order valence-corrected chi connectivity index (χ1v) is 6.41. The highest BCUT2D eigenvalue weighted by Crippen LogP contribution is 2.66. The Morgan fingerprint density at radius 3 is 2.76 bits per heavy atom. The van der Waals surface area contributed by atoms with E-state index in [1.165, 1.54) is 28.0 Å². The van der Waals surface area contributed by atoms with E-state index in [0.29, 0.717) is 11.3 Å². The van der Waals surface area contributed by atoms with Crippen molar-refractivity contribution in [3.8, 4) is 0 Å². The normalized spacial score (nSPS) is 36.8. The summed E-state index contributed by atoms with van der Waals surface area (Å²) in [4.78, 5) is 0. The SMILES string of the molecule is C=C1C=C2C=c3ccccc3=CC23CC3C1C. The van der Waals surface area contributed by atoms with Gasteiger partial charge in [0.05, 0.1) is 0 Å². The van der Waals surface area contributed by atoms with Crippen LogP contribution < -0.4 is 10.4 Å². The van der Waals surface area contributed by atoms with Gasteiger partial charge >= 0.3 is 0 Å². The van der Waals surface area contributed by atoms with Crippen LogP contribution in [0, 0.1) is 17.3 Å². The summed E-state index contributed by atoms with van der Waals surface area (Å²) in [5.41, 5.74) is 3.15. The zero-order chi connectivity index (χ0) is 11.6. The van der Waals surface area contributed by atoms with Crippen LogP contribution >= 0.6 is 0 Å². The van der Waals surface area contributed by atoms with Crippen molar-refractivity contribution in [1.29, 1.82) is 0 Å². The zero-order valence-electron chi connectivity index (χ0n) is 10.1. The monoisotopic (exact) mass is 220 g/mol. The quantitative estimate of drug-likeness (QED) is 0.630. The molecule has 0 aliphatic heterocycles. The van der Waals surface area contributed by atoms with E-state index in [0.717, 1.165) is 5.92 Å². The molecule has 3 aliphatic carbocycles. The number of hydrogen-bond acceptors (Lipinski definition) is 0. The summed E-state index contributed by atoms with van der Waals surface area (Å²) >= 11 is 0. The van der Waals surface area contributed by atoms with Gasteiger partial charge < -0.3 is 0 Å². The van der Waals surface area contributed by atoms with Gasteiger partial charge in [-0.25, -0.2) is 0 Å². The van der Waals surface area contributed by atoms with E-state index in [9.17, 15) is 0 Å². The largest absolute Gasteiger partial charge is 0.0955 e. The number of allylic oxidation sites excluding steroid dienone is 3. The van der Waals surface area contributed by atoms with E-state index >= 15 is 0 Å². The highest BCUT2D eigenvalue weighted by Gasteiger charge is 2.59. The lowest BCUT2D eigenvalue weighted by molar-refractivity contribution is 0.527. The van der Waals surface area contributed by atoms with Crippen LogP contribution in [0.1, 0.15) is 13.3 Å².